The fraction of sp³-hybridized carbons (Fsp3) is 0.846. The van der Waals surface area contributed by atoms with Crippen LogP contribution in [0.15, 0.2) is 0 Å². The Bertz CT molecular complexity index is 360. The number of rotatable bonds is 5. The van der Waals surface area contributed by atoms with Gasteiger partial charge in [0.15, 0.2) is 0 Å². The summed E-state index contributed by atoms with van der Waals surface area (Å²) in [6.45, 7) is 4.75. The predicted molar refractivity (Wildman–Crippen MR) is 74.5 cm³/mol. The lowest BCUT2D eigenvalue weighted by Gasteiger charge is -2.29. The molecular weight excluding hydrogens is 262 g/mol. The molecule has 1 rings (SSSR count). The number of aliphatic carboxylic acids is 1. The molecule has 1 aliphatic rings. The topological polar surface area (TPSA) is 93.1 Å². The minimum Gasteiger partial charge on any atom is -0.480 e. The van der Waals surface area contributed by atoms with Crippen molar-refractivity contribution in [2.45, 2.75) is 38.5 Å². The van der Waals surface area contributed by atoms with E-state index in [1.807, 2.05) is 32.8 Å². The highest BCUT2D eigenvalue weighted by Gasteiger charge is 2.39. The highest BCUT2D eigenvalue weighted by Crippen LogP contribution is 2.18. The summed E-state index contributed by atoms with van der Waals surface area (Å²) in [7, 11) is 3.84. The lowest BCUT2D eigenvalue weighted by atomic mass is 10.0. The number of aliphatic hydroxyl groups is 1. The number of hydrogen-bond acceptors (Lipinski definition) is 4. The van der Waals surface area contributed by atoms with E-state index in [9.17, 15) is 14.7 Å². The van der Waals surface area contributed by atoms with Gasteiger partial charge in [0.05, 0.1) is 6.10 Å². The van der Waals surface area contributed by atoms with Gasteiger partial charge >= 0.3 is 12.0 Å². The number of hydrogen-bond donors (Lipinski definition) is 3. The largest absolute Gasteiger partial charge is 0.480 e. The van der Waals surface area contributed by atoms with Crippen LogP contribution in [0.5, 0.6) is 0 Å². The van der Waals surface area contributed by atoms with E-state index in [0.717, 1.165) is 0 Å². The Kier molecular flexibility index (Phi) is 5.76. The number of likely N-dealkylation sites (tertiary alicyclic amines) is 1. The molecule has 1 fully saturated rings. The van der Waals surface area contributed by atoms with Crippen LogP contribution >= 0.6 is 0 Å². The average molecular weight is 287 g/mol. The van der Waals surface area contributed by atoms with Crippen LogP contribution in [0, 0.1) is 5.92 Å². The van der Waals surface area contributed by atoms with Crippen LogP contribution in [0.3, 0.4) is 0 Å². The lowest BCUT2D eigenvalue weighted by molar-refractivity contribution is -0.141. The van der Waals surface area contributed by atoms with Crippen LogP contribution in [-0.4, -0.2) is 77.4 Å². The van der Waals surface area contributed by atoms with Crippen molar-refractivity contribution >= 4 is 12.0 Å². The molecular formula is C13H25N3O4. The van der Waals surface area contributed by atoms with Gasteiger partial charge in [-0.05, 0) is 20.0 Å². The predicted octanol–water partition coefficient (Wildman–Crippen LogP) is -0.198. The molecule has 20 heavy (non-hydrogen) atoms. The Labute approximate surface area is 119 Å². The first kappa shape index (κ1) is 16.7. The van der Waals surface area contributed by atoms with E-state index in [-0.39, 0.29) is 24.9 Å². The monoisotopic (exact) mass is 287 g/mol. The molecule has 1 aliphatic heterocycles. The second-order valence-corrected chi connectivity index (χ2v) is 5.96. The van der Waals surface area contributed by atoms with Gasteiger partial charge in [-0.25, -0.2) is 9.59 Å². The number of carbonyl (C=O) groups excluding carboxylic acids is 1. The average Bonchev–Trinajstić information content (AvgIpc) is 2.69. The summed E-state index contributed by atoms with van der Waals surface area (Å²) in [6.07, 6.45) is -0.684. The lowest BCUT2D eigenvalue weighted by Crippen LogP contribution is -2.52. The number of likely N-dealkylation sites (N-methyl/N-ethyl adjacent to an activating group) is 1. The number of carboxylic acids is 1. The summed E-state index contributed by atoms with van der Waals surface area (Å²) in [6, 6.07) is -1.43. The van der Waals surface area contributed by atoms with E-state index in [0.29, 0.717) is 6.54 Å². The summed E-state index contributed by atoms with van der Waals surface area (Å²) in [5.41, 5.74) is 0. The first-order valence-corrected chi connectivity index (χ1v) is 6.85. The number of aliphatic hydroxyl groups excluding tert-OH is 1. The third-order valence-electron chi connectivity index (χ3n) is 3.50. The van der Waals surface area contributed by atoms with Gasteiger partial charge in [-0.1, -0.05) is 13.8 Å². The van der Waals surface area contributed by atoms with Crippen molar-refractivity contribution in [3.8, 4) is 0 Å². The molecule has 0 aromatic heterocycles. The number of urea groups is 1. The Morgan fingerprint density at radius 2 is 2.00 bits per heavy atom. The van der Waals surface area contributed by atoms with E-state index < -0.39 is 24.1 Å². The normalized spacial score (nSPS) is 24.2. The fourth-order valence-electron chi connectivity index (χ4n) is 2.33. The van der Waals surface area contributed by atoms with E-state index in [2.05, 4.69) is 5.32 Å². The van der Waals surface area contributed by atoms with Crippen LogP contribution in [0.4, 0.5) is 4.79 Å². The number of amides is 2. The molecule has 1 saturated heterocycles. The minimum absolute atomic E-state index is 0.0651. The maximum Gasteiger partial charge on any atom is 0.326 e. The summed E-state index contributed by atoms with van der Waals surface area (Å²) >= 11 is 0. The van der Waals surface area contributed by atoms with Gasteiger partial charge in [0.1, 0.15) is 6.04 Å². The van der Waals surface area contributed by atoms with Gasteiger partial charge in [0.25, 0.3) is 0 Å². The fourth-order valence-corrected chi connectivity index (χ4v) is 2.33. The number of β-amino-alcohol motifs (C(OH)–C–C–N with tert-alkyl or cyclic N) is 1. The Morgan fingerprint density at radius 1 is 1.40 bits per heavy atom. The van der Waals surface area contributed by atoms with Crippen molar-refractivity contribution in [2.24, 2.45) is 5.92 Å². The van der Waals surface area contributed by atoms with Crippen LogP contribution in [0.25, 0.3) is 0 Å². The molecule has 0 radical (unpaired) electrons. The summed E-state index contributed by atoms with van der Waals surface area (Å²) in [4.78, 5) is 26.5. The summed E-state index contributed by atoms with van der Waals surface area (Å²) in [5, 5.41) is 21.5. The molecule has 1 unspecified atom stereocenters. The van der Waals surface area contributed by atoms with E-state index >= 15 is 0 Å². The maximum atomic E-state index is 12.2. The molecule has 1 heterocycles. The van der Waals surface area contributed by atoms with E-state index in [4.69, 9.17) is 5.11 Å². The molecule has 2 amide bonds. The molecule has 3 atom stereocenters. The molecule has 0 spiro atoms. The van der Waals surface area contributed by atoms with Crippen LogP contribution in [-0.2, 0) is 4.79 Å². The third kappa shape index (κ3) is 4.35. The molecule has 3 N–H and O–H groups in total. The van der Waals surface area contributed by atoms with Crippen molar-refractivity contribution in [2.75, 3.05) is 27.2 Å². The highest BCUT2D eigenvalue weighted by atomic mass is 16.4. The first-order chi connectivity index (χ1) is 9.22. The third-order valence-corrected chi connectivity index (χ3v) is 3.50. The SMILES string of the molecule is CC(C)C(CN(C)C)NC(=O)N1C[C@H](O)C[C@H]1C(=O)O. The number of nitrogens with one attached hydrogen (secondary N) is 1. The van der Waals surface area contributed by atoms with Gasteiger partial charge in [-0.15, -0.1) is 0 Å². The van der Waals surface area contributed by atoms with Gasteiger partial charge < -0.3 is 25.3 Å². The molecule has 116 valence electrons. The quantitative estimate of drug-likeness (QED) is 0.651. The second-order valence-electron chi connectivity index (χ2n) is 5.96. The Balaban J connectivity index is 2.70. The number of carboxylic acid groups (broad SMARTS) is 1. The second kappa shape index (κ2) is 6.90. The van der Waals surface area contributed by atoms with Gasteiger partial charge in [0.2, 0.25) is 0 Å². The molecule has 7 nitrogen and oxygen atoms in total. The van der Waals surface area contributed by atoms with Crippen molar-refractivity contribution in [1.82, 2.24) is 15.1 Å². The smallest absolute Gasteiger partial charge is 0.326 e. The van der Waals surface area contributed by atoms with Crippen molar-refractivity contribution in [1.29, 1.82) is 0 Å². The Morgan fingerprint density at radius 3 is 2.45 bits per heavy atom. The minimum atomic E-state index is -1.08. The van der Waals surface area contributed by atoms with Crippen LogP contribution in [0.1, 0.15) is 20.3 Å². The maximum absolute atomic E-state index is 12.2. The molecule has 0 aromatic carbocycles. The van der Waals surface area contributed by atoms with E-state index in [1.165, 1.54) is 4.90 Å². The number of nitrogens with zero attached hydrogens (tertiary/aromatic N) is 2. The van der Waals surface area contributed by atoms with Gasteiger partial charge in [-0.3, -0.25) is 0 Å². The summed E-state index contributed by atoms with van der Waals surface area (Å²) < 4.78 is 0. The first-order valence-electron chi connectivity index (χ1n) is 6.85. The molecule has 0 aromatic rings. The number of carbonyl (C=O) groups is 2. The van der Waals surface area contributed by atoms with Gasteiger partial charge in [-0.2, -0.15) is 0 Å². The van der Waals surface area contributed by atoms with Crippen molar-refractivity contribution < 1.29 is 19.8 Å². The molecule has 0 aliphatic carbocycles. The summed E-state index contributed by atoms with van der Waals surface area (Å²) in [5.74, 6) is -0.845. The highest BCUT2D eigenvalue weighted by molar-refractivity contribution is 5.83. The molecule has 0 bridgehead atoms. The molecule has 0 saturated carbocycles. The molecule has 7 heteroatoms. The standard InChI is InChI=1S/C13H25N3O4/c1-8(2)10(7-15(3)4)14-13(20)16-6-9(17)5-11(16)12(18)19/h8-11,17H,5-7H2,1-4H3,(H,14,20)(H,18,19)/t9-,10?,11+/m1/s1. The van der Waals surface area contributed by atoms with Crippen LogP contribution in [0.2, 0.25) is 0 Å². The van der Waals surface area contributed by atoms with Gasteiger partial charge in [0, 0.05) is 25.6 Å². The van der Waals surface area contributed by atoms with Crippen molar-refractivity contribution in [3.05, 3.63) is 0 Å². The zero-order valence-electron chi connectivity index (χ0n) is 12.5. The zero-order chi connectivity index (χ0) is 15.4. The van der Waals surface area contributed by atoms with Crippen molar-refractivity contribution in [3.63, 3.8) is 0 Å². The zero-order valence-corrected chi connectivity index (χ0v) is 12.5. The Hall–Kier alpha value is -1.34. The van der Waals surface area contributed by atoms with Crippen LogP contribution < -0.4 is 5.32 Å². The van der Waals surface area contributed by atoms with E-state index in [1.54, 1.807) is 0 Å².